The molecule has 38 heavy (non-hydrogen) atoms. The number of aromatic nitrogens is 2. The van der Waals surface area contributed by atoms with E-state index in [1.807, 2.05) is 41.2 Å². The number of nitrogens with zero attached hydrogens (tertiary/aromatic N) is 2. The maximum atomic E-state index is 14.0. The van der Waals surface area contributed by atoms with Crippen LogP contribution in [0.1, 0.15) is 94.0 Å². The average molecular weight is 532 g/mol. The second-order valence-corrected chi connectivity index (χ2v) is 12.4. The topological polar surface area (TPSA) is 90.3 Å². The number of rotatable bonds is 7. The van der Waals surface area contributed by atoms with E-state index in [4.69, 9.17) is 9.84 Å². The number of anilines is 1. The largest absolute Gasteiger partial charge is 0.462 e. The summed E-state index contributed by atoms with van der Waals surface area (Å²) in [4.78, 5) is 39.6. The number of carbonyl (C=O) groups excluding carboxylic acids is 3. The Morgan fingerprint density at radius 2 is 1.71 bits per heavy atom. The average Bonchev–Trinajstić information content (AvgIpc) is 3.46. The predicted octanol–water partition coefficient (Wildman–Crippen LogP) is 6.34. The Bertz CT molecular complexity index is 1390. The maximum Gasteiger partial charge on any atom is 0.341 e. The minimum absolute atomic E-state index is 0.0959. The summed E-state index contributed by atoms with van der Waals surface area (Å²) in [5, 5.41) is 8.42. The van der Waals surface area contributed by atoms with Gasteiger partial charge in [-0.15, -0.1) is 11.3 Å². The minimum atomic E-state index is -0.537. The van der Waals surface area contributed by atoms with Gasteiger partial charge in [-0.1, -0.05) is 18.2 Å². The second-order valence-electron chi connectivity index (χ2n) is 11.4. The normalized spacial score (nSPS) is 25.4. The zero-order valence-corrected chi connectivity index (χ0v) is 22.9. The number of para-hydroxylation sites is 1. The Morgan fingerprint density at radius 1 is 1.08 bits per heavy atom. The molecule has 4 fully saturated rings. The van der Waals surface area contributed by atoms with E-state index in [-0.39, 0.29) is 29.3 Å². The lowest BCUT2D eigenvalue weighted by molar-refractivity contribution is -0.00765. The van der Waals surface area contributed by atoms with Crippen molar-refractivity contribution in [3.8, 4) is 5.69 Å². The van der Waals surface area contributed by atoms with Crippen LogP contribution in [0.2, 0.25) is 0 Å². The van der Waals surface area contributed by atoms with Gasteiger partial charge in [-0.2, -0.15) is 5.10 Å². The monoisotopic (exact) mass is 531 g/mol. The number of hydrogen-bond acceptors (Lipinski definition) is 6. The highest BCUT2D eigenvalue weighted by Gasteiger charge is 2.54. The Hall–Kier alpha value is -3.26. The van der Waals surface area contributed by atoms with E-state index < -0.39 is 5.97 Å². The number of carbonyl (C=O) groups is 3. The summed E-state index contributed by atoms with van der Waals surface area (Å²) in [6.07, 6.45) is 8.94. The number of ketones is 1. The van der Waals surface area contributed by atoms with Crippen molar-refractivity contribution < 1.29 is 19.1 Å². The molecule has 1 N–H and O–H groups in total. The molecule has 7 nitrogen and oxygen atoms in total. The van der Waals surface area contributed by atoms with Crippen molar-refractivity contribution in [2.45, 2.75) is 64.7 Å². The molecule has 4 saturated carbocycles. The fourth-order valence-corrected chi connectivity index (χ4v) is 8.69. The molecule has 0 radical (unpaired) electrons. The van der Waals surface area contributed by atoms with Crippen molar-refractivity contribution >= 4 is 34.0 Å². The van der Waals surface area contributed by atoms with E-state index in [1.54, 1.807) is 13.8 Å². The standard InChI is InChI=1S/C30H33N3O4S/c1-4-37-29(36)24-17(2)25(18(3)34)38-28(24)31-27(35)23-16-33(22-8-6-5-7-9-22)32-26(23)30-13-19-10-20(14-30)12-21(11-19)15-30/h5-9,16,19-21H,4,10-15H2,1-3H3,(H,31,35). The molecule has 4 bridgehead atoms. The number of Topliss-reactive ketones (excluding diaryl/α,β-unsaturated/α-hetero) is 1. The van der Waals surface area contributed by atoms with E-state index in [1.165, 1.54) is 26.2 Å². The molecule has 0 aliphatic heterocycles. The highest BCUT2D eigenvalue weighted by molar-refractivity contribution is 7.18. The number of esters is 1. The van der Waals surface area contributed by atoms with E-state index in [9.17, 15) is 14.4 Å². The molecule has 2 aromatic heterocycles. The molecule has 4 aliphatic carbocycles. The molecule has 8 heteroatoms. The molecule has 0 unspecified atom stereocenters. The Kier molecular flexibility index (Phi) is 6.25. The molecule has 4 aliphatic rings. The van der Waals surface area contributed by atoms with E-state index in [0.717, 1.165) is 42.0 Å². The van der Waals surface area contributed by atoms with Crippen molar-refractivity contribution in [2.75, 3.05) is 11.9 Å². The Labute approximate surface area is 226 Å². The molecule has 0 spiro atoms. The second kappa shape index (κ2) is 9.49. The zero-order chi connectivity index (χ0) is 26.6. The Balaban J connectivity index is 1.42. The lowest BCUT2D eigenvalue weighted by Gasteiger charge is -2.56. The summed E-state index contributed by atoms with van der Waals surface area (Å²) in [5.74, 6) is 1.11. The highest BCUT2D eigenvalue weighted by atomic mass is 32.1. The van der Waals surface area contributed by atoms with Crippen LogP contribution >= 0.6 is 11.3 Å². The van der Waals surface area contributed by atoms with Crippen LogP contribution in [0.3, 0.4) is 0 Å². The lowest BCUT2D eigenvalue weighted by Crippen LogP contribution is -2.49. The molecule has 1 amide bonds. The van der Waals surface area contributed by atoms with E-state index in [0.29, 0.717) is 38.8 Å². The fraction of sp³-hybridized carbons (Fsp3) is 0.467. The first-order valence-corrected chi connectivity index (χ1v) is 14.4. The van der Waals surface area contributed by atoms with E-state index in [2.05, 4.69) is 5.32 Å². The van der Waals surface area contributed by atoms with Gasteiger partial charge in [0.1, 0.15) is 5.00 Å². The molecular formula is C30H33N3O4S. The number of benzene rings is 1. The van der Waals surface area contributed by atoms with Gasteiger partial charge in [0.15, 0.2) is 5.78 Å². The van der Waals surface area contributed by atoms with Crippen LogP contribution in [0.4, 0.5) is 5.00 Å². The number of ether oxygens (including phenoxy) is 1. The molecule has 0 saturated heterocycles. The summed E-state index contributed by atoms with van der Waals surface area (Å²) in [6, 6.07) is 9.86. The van der Waals surface area contributed by atoms with Crippen LogP contribution in [0.15, 0.2) is 36.5 Å². The van der Waals surface area contributed by atoms with Crippen molar-refractivity contribution in [1.82, 2.24) is 9.78 Å². The summed E-state index contributed by atoms with van der Waals surface area (Å²) in [7, 11) is 0. The minimum Gasteiger partial charge on any atom is -0.462 e. The summed E-state index contributed by atoms with van der Waals surface area (Å²) in [6.45, 7) is 5.13. The first-order chi connectivity index (χ1) is 18.3. The first kappa shape index (κ1) is 25.0. The van der Waals surface area contributed by atoms with Crippen LogP contribution in [-0.2, 0) is 10.2 Å². The van der Waals surface area contributed by atoms with Gasteiger partial charge in [0.05, 0.1) is 34.0 Å². The van der Waals surface area contributed by atoms with Crippen molar-refractivity contribution in [2.24, 2.45) is 17.8 Å². The van der Waals surface area contributed by atoms with Crippen LogP contribution in [0.5, 0.6) is 0 Å². The zero-order valence-electron chi connectivity index (χ0n) is 22.1. The fourth-order valence-electron chi connectivity index (χ4n) is 7.60. The SMILES string of the molecule is CCOC(=O)c1c(NC(=O)c2cn(-c3ccccc3)nc2C23CC4CC(CC(C4)C2)C3)sc(C(C)=O)c1C. The molecule has 1 aromatic carbocycles. The van der Waals surface area contributed by atoms with Crippen LogP contribution in [0, 0.1) is 24.7 Å². The van der Waals surface area contributed by atoms with Crippen molar-refractivity contribution in [3.05, 3.63) is 63.8 Å². The van der Waals surface area contributed by atoms with Crippen LogP contribution in [-0.4, -0.2) is 34.0 Å². The molecule has 7 rings (SSSR count). The number of hydrogen-bond donors (Lipinski definition) is 1. The smallest absolute Gasteiger partial charge is 0.341 e. The molecule has 198 valence electrons. The first-order valence-electron chi connectivity index (χ1n) is 13.6. The van der Waals surface area contributed by atoms with E-state index >= 15 is 0 Å². The summed E-state index contributed by atoms with van der Waals surface area (Å²) < 4.78 is 7.08. The maximum absolute atomic E-state index is 14.0. The molecule has 0 atom stereocenters. The third kappa shape index (κ3) is 4.19. The number of thiophene rings is 1. The van der Waals surface area contributed by atoms with Gasteiger partial charge < -0.3 is 10.1 Å². The van der Waals surface area contributed by atoms with Gasteiger partial charge in [0.2, 0.25) is 0 Å². The number of amides is 1. The van der Waals surface area contributed by atoms with Gasteiger partial charge in [-0.05, 0) is 94.7 Å². The van der Waals surface area contributed by atoms with Gasteiger partial charge in [0, 0.05) is 11.6 Å². The third-order valence-electron chi connectivity index (χ3n) is 8.69. The summed E-state index contributed by atoms with van der Waals surface area (Å²) in [5.41, 5.74) is 3.01. The number of nitrogens with one attached hydrogen (secondary N) is 1. The van der Waals surface area contributed by atoms with Gasteiger partial charge in [0.25, 0.3) is 5.91 Å². The lowest BCUT2D eigenvalue weighted by atomic mass is 9.48. The molecule has 2 heterocycles. The van der Waals surface area contributed by atoms with Crippen LogP contribution in [0.25, 0.3) is 5.69 Å². The van der Waals surface area contributed by atoms with Gasteiger partial charge in [-0.25, -0.2) is 9.48 Å². The van der Waals surface area contributed by atoms with Gasteiger partial charge >= 0.3 is 5.97 Å². The third-order valence-corrected chi connectivity index (χ3v) is 10.0. The van der Waals surface area contributed by atoms with Crippen molar-refractivity contribution in [3.63, 3.8) is 0 Å². The highest BCUT2D eigenvalue weighted by Crippen LogP contribution is 2.61. The predicted molar refractivity (Wildman–Crippen MR) is 146 cm³/mol. The van der Waals surface area contributed by atoms with Gasteiger partial charge in [-0.3, -0.25) is 9.59 Å². The molecule has 3 aromatic rings. The Morgan fingerprint density at radius 3 is 2.29 bits per heavy atom. The molecular weight excluding hydrogens is 498 g/mol. The quantitative estimate of drug-likeness (QED) is 0.284. The van der Waals surface area contributed by atoms with Crippen LogP contribution < -0.4 is 5.32 Å². The van der Waals surface area contributed by atoms with Crippen molar-refractivity contribution in [1.29, 1.82) is 0 Å². The summed E-state index contributed by atoms with van der Waals surface area (Å²) >= 11 is 1.13.